The zero-order valence-corrected chi connectivity index (χ0v) is 13.0. The van der Waals surface area contributed by atoms with Crippen molar-refractivity contribution in [3.05, 3.63) is 22.5 Å². The molecule has 0 spiro atoms. The Labute approximate surface area is 132 Å². The zero-order chi connectivity index (χ0) is 17.2. The molecule has 23 heavy (non-hydrogen) atoms. The van der Waals surface area contributed by atoms with Gasteiger partial charge in [-0.25, -0.2) is 9.18 Å². The average Bonchev–Trinajstić information content (AvgIpc) is 2.97. The van der Waals surface area contributed by atoms with Crippen LogP contribution in [-0.2, 0) is 14.3 Å². The number of esters is 1. The number of hydrogen-bond donors (Lipinski definition) is 2. The number of ether oxygens (including phenoxy) is 2. The van der Waals surface area contributed by atoms with Gasteiger partial charge in [0.15, 0.2) is 11.6 Å². The van der Waals surface area contributed by atoms with Crippen LogP contribution in [0.4, 0.5) is 10.2 Å². The van der Waals surface area contributed by atoms with Crippen LogP contribution in [0.5, 0.6) is 0 Å². The number of carbonyl (C=O) groups is 1. The van der Waals surface area contributed by atoms with E-state index in [9.17, 15) is 14.0 Å². The summed E-state index contributed by atoms with van der Waals surface area (Å²) in [7, 11) is 0. The van der Waals surface area contributed by atoms with Gasteiger partial charge in [-0.15, -0.1) is 0 Å². The molecule has 0 radical (unpaired) electrons. The second-order valence-corrected chi connectivity index (χ2v) is 6.09. The van der Waals surface area contributed by atoms with Crippen molar-refractivity contribution in [2.75, 3.05) is 18.9 Å². The summed E-state index contributed by atoms with van der Waals surface area (Å²) in [5, 5.41) is 9.10. The minimum Gasteiger partial charge on any atom is -0.462 e. The van der Waals surface area contributed by atoms with Crippen molar-refractivity contribution < 1.29 is 23.8 Å². The van der Waals surface area contributed by atoms with Crippen LogP contribution in [0.3, 0.4) is 0 Å². The molecule has 1 aromatic heterocycles. The smallest absolute Gasteiger partial charge is 0.351 e. The lowest BCUT2D eigenvalue weighted by atomic mass is 9.95. The van der Waals surface area contributed by atoms with Crippen molar-refractivity contribution in [3.8, 4) is 0 Å². The summed E-state index contributed by atoms with van der Waals surface area (Å²) in [5.41, 5.74) is 3.54. The predicted octanol–water partition coefficient (Wildman–Crippen LogP) is 0.204. The molecule has 0 amide bonds. The number of nitrogen functional groups attached to an aromatic ring is 1. The number of aliphatic hydroxyl groups is 1. The van der Waals surface area contributed by atoms with Crippen LogP contribution in [0, 0.1) is 11.2 Å². The molecular weight excluding hydrogens is 309 g/mol. The van der Waals surface area contributed by atoms with Crippen molar-refractivity contribution in [1.29, 1.82) is 0 Å². The van der Waals surface area contributed by atoms with Gasteiger partial charge < -0.3 is 20.3 Å². The molecule has 3 N–H and O–H groups in total. The van der Waals surface area contributed by atoms with Gasteiger partial charge in [-0.05, 0) is 26.7 Å². The Morgan fingerprint density at radius 2 is 2.30 bits per heavy atom. The van der Waals surface area contributed by atoms with Crippen LogP contribution in [-0.4, -0.2) is 39.9 Å². The van der Waals surface area contributed by atoms with E-state index in [1.807, 2.05) is 0 Å². The first kappa shape index (κ1) is 17.4. The monoisotopic (exact) mass is 329 g/mol. The van der Waals surface area contributed by atoms with Gasteiger partial charge in [-0.1, -0.05) is 0 Å². The number of hydrogen-bond acceptors (Lipinski definition) is 7. The summed E-state index contributed by atoms with van der Waals surface area (Å²) in [6.45, 7) is 2.80. The summed E-state index contributed by atoms with van der Waals surface area (Å²) >= 11 is 0. The number of anilines is 1. The Morgan fingerprint density at radius 1 is 1.61 bits per heavy atom. The standard InChI is InChI=1S/C14H20FN3O5/c1-14(2,7-19)12(20)22-6-8-3-4-10(23-8)18-5-9(15)11(16)17-13(18)21/h5,8,10,19H,3-4,6-7H2,1-2H3,(H2,16,17,21). The number of nitrogens with two attached hydrogens (primary N) is 1. The highest BCUT2D eigenvalue weighted by molar-refractivity contribution is 5.76. The van der Waals surface area contributed by atoms with Crippen molar-refractivity contribution in [2.24, 2.45) is 5.41 Å². The molecule has 2 unspecified atom stereocenters. The first-order chi connectivity index (χ1) is 10.7. The molecule has 1 aliphatic heterocycles. The molecular formula is C14H20FN3O5. The van der Waals surface area contributed by atoms with Gasteiger partial charge in [0.1, 0.15) is 12.8 Å². The van der Waals surface area contributed by atoms with Gasteiger partial charge in [0.2, 0.25) is 0 Å². The molecule has 1 fully saturated rings. The molecule has 1 aliphatic rings. The molecule has 2 atom stereocenters. The van der Waals surface area contributed by atoms with Gasteiger partial charge in [-0.3, -0.25) is 9.36 Å². The number of rotatable bonds is 5. The minimum absolute atomic E-state index is 0.00159. The Balaban J connectivity index is 1.96. The zero-order valence-electron chi connectivity index (χ0n) is 13.0. The van der Waals surface area contributed by atoms with Crippen molar-refractivity contribution in [3.63, 3.8) is 0 Å². The van der Waals surface area contributed by atoms with Gasteiger partial charge in [0.05, 0.1) is 24.3 Å². The topological polar surface area (TPSA) is 117 Å². The molecule has 9 heteroatoms. The highest BCUT2D eigenvalue weighted by atomic mass is 19.1. The van der Waals surface area contributed by atoms with Crippen LogP contribution in [0.15, 0.2) is 11.0 Å². The van der Waals surface area contributed by atoms with Crippen LogP contribution >= 0.6 is 0 Å². The van der Waals surface area contributed by atoms with E-state index in [4.69, 9.17) is 20.3 Å². The number of carbonyl (C=O) groups excluding carboxylic acids is 1. The summed E-state index contributed by atoms with van der Waals surface area (Å²) in [6.07, 6.45) is 0.857. The van der Waals surface area contributed by atoms with Crippen LogP contribution in [0.25, 0.3) is 0 Å². The van der Waals surface area contributed by atoms with Gasteiger partial charge in [0.25, 0.3) is 0 Å². The van der Waals surface area contributed by atoms with Crippen molar-refractivity contribution in [2.45, 2.75) is 39.0 Å². The second kappa shape index (κ2) is 6.63. The summed E-state index contributed by atoms with van der Waals surface area (Å²) in [6, 6.07) is 0. The maximum absolute atomic E-state index is 13.4. The minimum atomic E-state index is -0.987. The Hall–Kier alpha value is -2.00. The van der Waals surface area contributed by atoms with E-state index in [1.54, 1.807) is 13.8 Å². The van der Waals surface area contributed by atoms with E-state index >= 15 is 0 Å². The van der Waals surface area contributed by atoms with E-state index in [1.165, 1.54) is 0 Å². The average molecular weight is 329 g/mol. The molecule has 128 valence electrons. The number of aromatic nitrogens is 2. The molecule has 0 aromatic carbocycles. The number of aliphatic hydroxyl groups excluding tert-OH is 1. The fourth-order valence-corrected chi connectivity index (χ4v) is 2.11. The van der Waals surface area contributed by atoms with Crippen molar-refractivity contribution >= 4 is 11.8 Å². The SMILES string of the molecule is CC(C)(CO)C(=O)OCC1CCC(n2cc(F)c(N)nc2=O)O1. The fraction of sp³-hybridized carbons (Fsp3) is 0.643. The van der Waals surface area contributed by atoms with E-state index in [-0.39, 0.29) is 13.2 Å². The van der Waals surface area contributed by atoms with Gasteiger partial charge >= 0.3 is 11.7 Å². The molecule has 0 saturated carbocycles. The van der Waals surface area contributed by atoms with E-state index in [0.29, 0.717) is 12.8 Å². The summed E-state index contributed by atoms with van der Waals surface area (Å²) < 4.78 is 25.2. The number of nitrogens with zero attached hydrogens (tertiary/aromatic N) is 2. The third-order valence-electron chi connectivity index (χ3n) is 3.68. The quantitative estimate of drug-likeness (QED) is 0.741. The van der Waals surface area contributed by atoms with E-state index in [0.717, 1.165) is 10.8 Å². The highest BCUT2D eigenvalue weighted by Crippen LogP contribution is 2.28. The largest absolute Gasteiger partial charge is 0.462 e. The highest BCUT2D eigenvalue weighted by Gasteiger charge is 2.32. The third-order valence-corrected chi connectivity index (χ3v) is 3.68. The predicted molar refractivity (Wildman–Crippen MR) is 77.8 cm³/mol. The van der Waals surface area contributed by atoms with Crippen LogP contribution in [0.2, 0.25) is 0 Å². The molecule has 0 aliphatic carbocycles. The first-order valence-electron chi connectivity index (χ1n) is 7.22. The summed E-state index contributed by atoms with van der Waals surface area (Å²) in [4.78, 5) is 26.9. The molecule has 1 aromatic rings. The van der Waals surface area contributed by atoms with E-state index in [2.05, 4.69) is 4.98 Å². The fourth-order valence-electron chi connectivity index (χ4n) is 2.11. The number of halogens is 1. The normalized spacial score (nSPS) is 21.4. The third kappa shape index (κ3) is 3.85. The molecule has 8 nitrogen and oxygen atoms in total. The Bertz CT molecular complexity index is 646. The molecule has 2 heterocycles. The lowest BCUT2D eigenvalue weighted by molar-refractivity contribution is -0.160. The lowest BCUT2D eigenvalue weighted by Gasteiger charge is -2.21. The van der Waals surface area contributed by atoms with Gasteiger partial charge in [0, 0.05) is 0 Å². The van der Waals surface area contributed by atoms with Crippen LogP contribution in [0.1, 0.15) is 32.9 Å². The molecule has 0 bridgehead atoms. The maximum atomic E-state index is 13.4. The van der Waals surface area contributed by atoms with Crippen molar-refractivity contribution in [1.82, 2.24) is 9.55 Å². The summed E-state index contributed by atoms with van der Waals surface area (Å²) in [5.74, 6) is -1.79. The molecule has 2 rings (SSSR count). The maximum Gasteiger partial charge on any atom is 0.351 e. The lowest BCUT2D eigenvalue weighted by Crippen LogP contribution is -2.33. The van der Waals surface area contributed by atoms with Gasteiger partial charge in [-0.2, -0.15) is 4.98 Å². The molecule has 1 saturated heterocycles. The van der Waals surface area contributed by atoms with Crippen LogP contribution < -0.4 is 11.4 Å². The Kier molecular flexibility index (Phi) is 5.00. The second-order valence-electron chi connectivity index (χ2n) is 6.09. The van der Waals surface area contributed by atoms with E-state index < -0.39 is 41.0 Å². The Morgan fingerprint density at radius 3 is 2.96 bits per heavy atom. The first-order valence-corrected chi connectivity index (χ1v) is 7.22.